The number of hydrogen-bond acceptors (Lipinski definition) is 2. The molecule has 0 radical (unpaired) electrons. The van der Waals surface area contributed by atoms with Gasteiger partial charge in [0.15, 0.2) is 0 Å². The van der Waals surface area contributed by atoms with Crippen LogP contribution in [0.4, 0.5) is 0 Å². The molecule has 2 aromatic heterocycles. The predicted molar refractivity (Wildman–Crippen MR) is 88.8 cm³/mol. The van der Waals surface area contributed by atoms with Crippen LogP contribution in [0, 0.1) is 0 Å². The zero-order chi connectivity index (χ0) is 15.7. The number of esters is 1. The number of ether oxygens (including phenoxy) is 1. The molecule has 3 nitrogen and oxygen atoms in total. The van der Waals surface area contributed by atoms with Crippen molar-refractivity contribution in [2.75, 3.05) is 6.61 Å². The van der Waals surface area contributed by atoms with Crippen LogP contribution in [0.5, 0.6) is 0 Å². The summed E-state index contributed by atoms with van der Waals surface area (Å²) < 4.78 is 7.01. The Bertz CT molecular complexity index is 855. The fourth-order valence-electron chi connectivity index (χ4n) is 2.42. The van der Waals surface area contributed by atoms with E-state index in [2.05, 4.69) is 0 Å². The van der Waals surface area contributed by atoms with E-state index in [0.29, 0.717) is 22.3 Å². The maximum atomic E-state index is 12.4. The average Bonchev–Trinajstić information content (AvgIpc) is 2.89. The van der Waals surface area contributed by atoms with Gasteiger partial charge in [-0.15, -0.1) is 0 Å². The van der Waals surface area contributed by atoms with E-state index in [1.54, 1.807) is 19.1 Å². The fraction of sp³-hybridized carbons (Fsp3) is 0.118. The van der Waals surface area contributed by atoms with Crippen LogP contribution in [0.3, 0.4) is 0 Å². The monoisotopic (exact) mass is 333 g/mol. The van der Waals surface area contributed by atoms with Gasteiger partial charge in [-0.2, -0.15) is 0 Å². The molecule has 5 heteroatoms. The molecule has 112 valence electrons. The van der Waals surface area contributed by atoms with E-state index in [4.69, 9.17) is 27.9 Å². The van der Waals surface area contributed by atoms with E-state index in [1.165, 1.54) is 0 Å². The van der Waals surface area contributed by atoms with Crippen molar-refractivity contribution < 1.29 is 9.53 Å². The van der Waals surface area contributed by atoms with Crippen LogP contribution in [0.1, 0.15) is 17.4 Å². The van der Waals surface area contributed by atoms with Crippen LogP contribution in [0.2, 0.25) is 10.0 Å². The van der Waals surface area contributed by atoms with Gasteiger partial charge < -0.3 is 9.14 Å². The molecule has 0 bridgehead atoms. The smallest absolute Gasteiger partial charge is 0.355 e. The molecule has 0 aliphatic rings. The van der Waals surface area contributed by atoms with Gasteiger partial charge in [-0.25, -0.2) is 4.79 Å². The van der Waals surface area contributed by atoms with Crippen molar-refractivity contribution in [1.29, 1.82) is 0 Å². The molecule has 0 aliphatic heterocycles. The standard InChI is InChI=1S/C17H13Cl2NO2/c1-2-22-17(21)16-13(10-12-5-3-4-8-20(12)16)11-6-7-14(18)15(19)9-11/h3-10H,2H2,1H3. The predicted octanol–water partition coefficient (Wildman–Crippen LogP) is 5.09. The lowest BCUT2D eigenvalue weighted by Gasteiger charge is -2.07. The highest BCUT2D eigenvalue weighted by molar-refractivity contribution is 6.42. The number of nitrogens with zero attached hydrogens (tertiary/aromatic N) is 1. The molecule has 0 saturated heterocycles. The summed E-state index contributed by atoms with van der Waals surface area (Å²) in [6, 6.07) is 13.0. The minimum absolute atomic E-state index is 0.319. The van der Waals surface area contributed by atoms with Crippen molar-refractivity contribution in [3.05, 3.63) is 64.4 Å². The largest absolute Gasteiger partial charge is 0.461 e. The van der Waals surface area contributed by atoms with Crippen molar-refractivity contribution in [3.63, 3.8) is 0 Å². The van der Waals surface area contributed by atoms with Crippen LogP contribution in [-0.2, 0) is 4.74 Å². The highest BCUT2D eigenvalue weighted by Crippen LogP contribution is 2.32. The van der Waals surface area contributed by atoms with Gasteiger partial charge in [-0.05, 0) is 42.8 Å². The molecule has 0 saturated carbocycles. The summed E-state index contributed by atoms with van der Waals surface area (Å²) >= 11 is 12.1. The third kappa shape index (κ3) is 2.58. The third-order valence-corrected chi connectivity index (χ3v) is 4.12. The molecule has 3 aromatic rings. The minimum atomic E-state index is -0.366. The number of pyridine rings is 1. The van der Waals surface area contributed by atoms with Crippen molar-refractivity contribution in [1.82, 2.24) is 4.40 Å². The average molecular weight is 334 g/mol. The molecule has 1 aromatic carbocycles. The maximum absolute atomic E-state index is 12.4. The number of halogens is 2. The Hall–Kier alpha value is -1.97. The van der Waals surface area contributed by atoms with Gasteiger partial charge in [0.25, 0.3) is 0 Å². The fourth-order valence-corrected chi connectivity index (χ4v) is 2.71. The summed E-state index contributed by atoms with van der Waals surface area (Å²) in [6.07, 6.45) is 1.84. The SMILES string of the molecule is CCOC(=O)c1c(-c2ccc(Cl)c(Cl)c2)cc2ccccn12. The third-order valence-electron chi connectivity index (χ3n) is 3.38. The summed E-state index contributed by atoms with van der Waals surface area (Å²) in [6.45, 7) is 2.10. The van der Waals surface area contributed by atoms with E-state index in [-0.39, 0.29) is 5.97 Å². The Labute approximate surface area is 138 Å². The van der Waals surface area contributed by atoms with E-state index in [0.717, 1.165) is 16.6 Å². The molecular weight excluding hydrogens is 321 g/mol. The number of aromatic nitrogens is 1. The van der Waals surface area contributed by atoms with Gasteiger partial charge in [0.1, 0.15) is 5.69 Å². The Kier molecular flexibility index (Phi) is 4.10. The molecule has 0 N–H and O–H groups in total. The number of fused-ring (bicyclic) bond motifs is 1. The van der Waals surface area contributed by atoms with Gasteiger partial charge in [0.2, 0.25) is 0 Å². The van der Waals surface area contributed by atoms with Gasteiger partial charge >= 0.3 is 5.97 Å². The lowest BCUT2D eigenvalue weighted by atomic mass is 10.1. The molecule has 0 aliphatic carbocycles. The van der Waals surface area contributed by atoms with Crippen LogP contribution >= 0.6 is 23.2 Å². The molecule has 0 fully saturated rings. The summed E-state index contributed by atoms with van der Waals surface area (Å²) in [5, 5.41) is 0.927. The molecule has 0 unspecified atom stereocenters. The first-order chi connectivity index (χ1) is 10.6. The first-order valence-electron chi connectivity index (χ1n) is 6.84. The normalized spacial score (nSPS) is 10.9. The minimum Gasteiger partial charge on any atom is -0.461 e. The number of benzene rings is 1. The lowest BCUT2D eigenvalue weighted by Crippen LogP contribution is -2.09. The van der Waals surface area contributed by atoms with Crippen molar-refractivity contribution in [2.24, 2.45) is 0 Å². The van der Waals surface area contributed by atoms with E-state index < -0.39 is 0 Å². The molecule has 22 heavy (non-hydrogen) atoms. The topological polar surface area (TPSA) is 30.7 Å². The van der Waals surface area contributed by atoms with Crippen molar-refractivity contribution in [3.8, 4) is 11.1 Å². The molecule has 0 spiro atoms. The molecule has 0 atom stereocenters. The molecule has 3 rings (SSSR count). The van der Waals surface area contributed by atoms with Crippen molar-refractivity contribution >= 4 is 34.7 Å². The second kappa shape index (κ2) is 6.03. The highest BCUT2D eigenvalue weighted by atomic mass is 35.5. The second-order valence-corrected chi connectivity index (χ2v) is 5.57. The molecular formula is C17H13Cl2NO2. The number of carbonyl (C=O) groups excluding carboxylic acids is 1. The van der Waals surface area contributed by atoms with Gasteiger partial charge in [-0.1, -0.05) is 35.3 Å². The van der Waals surface area contributed by atoms with Crippen molar-refractivity contribution in [2.45, 2.75) is 6.92 Å². The maximum Gasteiger partial charge on any atom is 0.355 e. The molecule has 0 amide bonds. The zero-order valence-electron chi connectivity index (χ0n) is 11.8. The first kappa shape index (κ1) is 14.9. The van der Waals surface area contributed by atoms with E-state index in [1.807, 2.05) is 40.9 Å². The van der Waals surface area contributed by atoms with Gasteiger partial charge in [0, 0.05) is 17.3 Å². The summed E-state index contributed by atoms with van der Waals surface area (Å²) in [5.74, 6) is -0.366. The molecule has 2 heterocycles. The lowest BCUT2D eigenvalue weighted by molar-refractivity contribution is 0.0519. The Balaban J connectivity index is 2.25. The summed E-state index contributed by atoms with van der Waals surface area (Å²) in [5.41, 5.74) is 2.98. The summed E-state index contributed by atoms with van der Waals surface area (Å²) in [7, 11) is 0. The van der Waals surface area contributed by atoms with Crippen LogP contribution in [-0.4, -0.2) is 17.0 Å². The highest BCUT2D eigenvalue weighted by Gasteiger charge is 2.20. The number of hydrogen-bond donors (Lipinski definition) is 0. The Morgan fingerprint density at radius 1 is 1.14 bits per heavy atom. The van der Waals surface area contributed by atoms with Crippen LogP contribution < -0.4 is 0 Å². The summed E-state index contributed by atoms with van der Waals surface area (Å²) in [4.78, 5) is 12.4. The van der Waals surface area contributed by atoms with Gasteiger partial charge in [-0.3, -0.25) is 0 Å². The number of carbonyl (C=O) groups is 1. The zero-order valence-corrected chi connectivity index (χ0v) is 13.4. The first-order valence-corrected chi connectivity index (χ1v) is 7.60. The number of rotatable bonds is 3. The van der Waals surface area contributed by atoms with E-state index in [9.17, 15) is 4.79 Å². The second-order valence-electron chi connectivity index (χ2n) is 4.75. The Morgan fingerprint density at radius 3 is 2.68 bits per heavy atom. The quantitative estimate of drug-likeness (QED) is 0.625. The Morgan fingerprint density at radius 2 is 1.95 bits per heavy atom. The van der Waals surface area contributed by atoms with Gasteiger partial charge in [0.05, 0.1) is 16.7 Å². The van der Waals surface area contributed by atoms with E-state index >= 15 is 0 Å². The van der Waals surface area contributed by atoms with Crippen LogP contribution in [0.15, 0.2) is 48.7 Å². The van der Waals surface area contributed by atoms with Crippen LogP contribution in [0.25, 0.3) is 16.6 Å².